The normalized spacial score (nSPS) is 12.0. The van der Waals surface area contributed by atoms with Gasteiger partial charge in [0.2, 0.25) is 5.75 Å². The summed E-state index contributed by atoms with van der Waals surface area (Å²) in [6.07, 6.45) is 7.34. The Balaban J connectivity index is 2.19. The smallest absolute Gasteiger partial charge is 0.315 e. The summed E-state index contributed by atoms with van der Waals surface area (Å²) in [5.41, 5.74) is 0.253. The van der Waals surface area contributed by atoms with E-state index in [9.17, 15) is 14.9 Å². The number of hydrogen-bond donors (Lipinski definition) is 0. The number of rotatable bonds is 9. The molecule has 0 unspecified atom stereocenters. The molecule has 176 valence electrons. The Morgan fingerprint density at radius 2 is 2.09 bits per heavy atom. The van der Waals surface area contributed by atoms with Crippen molar-refractivity contribution in [1.82, 2.24) is 9.66 Å². The molecule has 0 amide bonds. The van der Waals surface area contributed by atoms with Crippen LogP contribution in [0.5, 0.6) is 11.5 Å². The van der Waals surface area contributed by atoms with Gasteiger partial charge >= 0.3 is 5.69 Å². The standard InChI is InChI=1S/C24H23BrN4O5/c1-5-10-34-22-20(29(31)32)11-16(12-21(22)33-7-3)14-26-28-23(15(4)6-2)27-19-9-8-17(25)13-18(19)24(28)30/h1,8-9,11-15H,6-7,10H2,2-4H3/t15-/m0/s1. The number of nitro benzene ring substituents is 1. The van der Waals surface area contributed by atoms with E-state index in [2.05, 4.69) is 31.9 Å². The van der Waals surface area contributed by atoms with E-state index in [1.807, 2.05) is 19.9 Å². The molecule has 0 saturated heterocycles. The van der Waals surface area contributed by atoms with Gasteiger partial charge in [0.15, 0.2) is 5.75 Å². The molecule has 0 fully saturated rings. The zero-order valence-electron chi connectivity index (χ0n) is 18.9. The Hall–Kier alpha value is -3.71. The van der Waals surface area contributed by atoms with Crippen molar-refractivity contribution in [3.8, 4) is 23.8 Å². The highest BCUT2D eigenvalue weighted by Crippen LogP contribution is 2.38. The van der Waals surface area contributed by atoms with Crippen LogP contribution in [0.15, 0.2) is 44.7 Å². The number of ether oxygens (including phenoxy) is 2. The van der Waals surface area contributed by atoms with Gasteiger partial charge in [0, 0.05) is 22.0 Å². The van der Waals surface area contributed by atoms with Gasteiger partial charge in [-0.15, -0.1) is 6.42 Å². The second-order valence-electron chi connectivity index (χ2n) is 7.35. The summed E-state index contributed by atoms with van der Waals surface area (Å²) in [4.78, 5) is 29.0. The summed E-state index contributed by atoms with van der Waals surface area (Å²) in [6.45, 7) is 5.79. The molecule has 0 radical (unpaired) electrons. The number of fused-ring (bicyclic) bond motifs is 1. The van der Waals surface area contributed by atoms with Gasteiger partial charge in [-0.05, 0) is 37.6 Å². The molecule has 10 heteroatoms. The first-order valence-electron chi connectivity index (χ1n) is 10.6. The highest BCUT2D eigenvalue weighted by molar-refractivity contribution is 9.10. The molecule has 3 rings (SSSR count). The van der Waals surface area contributed by atoms with E-state index in [-0.39, 0.29) is 41.9 Å². The molecule has 1 heterocycles. The maximum atomic E-state index is 13.3. The molecule has 0 N–H and O–H groups in total. The van der Waals surface area contributed by atoms with Gasteiger partial charge in [-0.3, -0.25) is 14.9 Å². The fourth-order valence-electron chi connectivity index (χ4n) is 3.24. The van der Waals surface area contributed by atoms with Crippen molar-refractivity contribution in [2.75, 3.05) is 13.2 Å². The van der Waals surface area contributed by atoms with Crippen LogP contribution in [0.3, 0.4) is 0 Å². The van der Waals surface area contributed by atoms with Crippen molar-refractivity contribution < 1.29 is 14.4 Å². The summed E-state index contributed by atoms with van der Waals surface area (Å²) in [7, 11) is 0. The molecule has 1 aromatic heterocycles. The number of nitro groups is 1. The lowest BCUT2D eigenvalue weighted by molar-refractivity contribution is -0.385. The molecule has 0 spiro atoms. The van der Waals surface area contributed by atoms with Gasteiger partial charge in [0.1, 0.15) is 12.4 Å². The summed E-state index contributed by atoms with van der Waals surface area (Å²) >= 11 is 3.38. The van der Waals surface area contributed by atoms with Crippen molar-refractivity contribution in [2.24, 2.45) is 5.10 Å². The van der Waals surface area contributed by atoms with Crippen LogP contribution in [0.2, 0.25) is 0 Å². The molecule has 3 aromatic rings. The van der Waals surface area contributed by atoms with E-state index in [0.29, 0.717) is 22.3 Å². The van der Waals surface area contributed by atoms with E-state index < -0.39 is 4.92 Å². The van der Waals surface area contributed by atoms with E-state index in [1.54, 1.807) is 25.1 Å². The first kappa shape index (κ1) is 24.9. The Labute approximate surface area is 204 Å². The molecule has 34 heavy (non-hydrogen) atoms. The van der Waals surface area contributed by atoms with E-state index in [0.717, 1.165) is 10.9 Å². The molecule has 0 aliphatic rings. The highest BCUT2D eigenvalue weighted by atomic mass is 79.9. The largest absolute Gasteiger partial charge is 0.490 e. The molecule has 0 aliphatic heterocycles. The minimum atomic E-state index is -0.586. The molecule has 0 aliphatic carbocycles. The van der Waals surface area contributed by atoms with Gasteiger partial charge in [-0.2, -0.15) is 9.78 Å². The summed E-state index contributed by atoms with van der Waals surface area (Å²) in [6, 6.07) is 8.11. The van der Waals surface area contributed by atoms with E-state index >= 15 is 0 Å². The Morgan fingerprint density at radius 3 is 2.74 bits per heavy atom. The van der Waals surface area contributed by atoms with Crippen LogP contribution < -0.4 is 15.0 Å². The zero-order valence-corrected chi connectivity index (χ0v) is 20.5. The van der Waals surface area contributed by atoms with Crippen molar-refractivity contribution in [2.45, 2.75) is 33.1 Å². The maximum Gasteiger partial charge on any atom is 0.315 e. The Bertz CT molecular complexity index is 1360. The Kier molecular flexibility index (Phi) is 8.02. The lowest BCUT2D eigenvalue weighted by Crippen LogP contribution is -2.23. The van der Waals surface area contributed by atoms with Gasteiger partial charge in [0.05, 0.1) is 28.6 Å². The van der Waals surface area contributed by atoms with Gasteiger partial charge in [0.25, 0.3) is 5.56 Å². The summed E-state index contributed by atoms with van der Waals surface area (Å²) in [5, 5.41) is 16.5. The van der Waals surface area contributed by atoms with Crippen molar-refractivity contribution >= 4 is 38.7 Å². The number of terminal acetylenes is 1. The van der Waals surface area contributed by atoms with Gasteiger partial charge in [-0.25, -0.2) is 4.98 Å². The molecule has 0 bridgehead atoms. The lowest BCUT2D eigenvalue weighted by atomic mass is 10.1. The predicted octanol–water partition coefficient (Wildman–Crippen LogP) is 4.87. The minimum Gasteiger partial charge on any atom is -0.490 e. The SMILES string of the molecule is C#CCOc1c(OCC)cc(C=Nn2c([C@@H](C)CC)nc3ccc(Br)cc3c2=O)cc1[N+](=O)[O-]. The maximum absolute atomic E-state index is 13.3. The first-order valence-corrected chi connectivity index (χ1v) is 11.4. The topological polar surface area (TPSA) is 109 Å². The second kappa shape index (κ2) is 10.9. The average molecular weight is 527 g/mol. The summed E-state index contributed by atoms with van der Waals surface area (Å²) in [5.74, 6) is 2.82. The number of nitrogens with zero attached hydrogens (tertiary/aromatic N) is 4. The fourth-order valence-corrected chi connectivity index (χ4v) is 3.60. The fraction of sp³-hybridized carbons (Fsp3) is 0.292. The molecule has 2 aromatic carbocycles. The number of benzene rings is 2. The molecular weight excluding hydrogens is 504 g/mol. The number of aromatic nitrogens is 2. The zero-order chi connectivity index (χ0) is 24.8. The van der Waals surface area contributed by atoms with E-state index in [4.69, 9.17) is 15.9 Å². The molecule has 1 atom stereocenters. The van der Waals surface area contributed by atoms with Crippen LogP contribution >= 0.6 is 15.9 Å². The molecule has 0 saturated carbocycles. The molecule has 9 nitrogen and oxygen atoms in total. The van der Waals surface area contributed by atoms with Crippen molar-refractivity contribution in [3.05, 3.63) is 66.7 Å². The predicted molar refractivity (Wildman–Crippen MR) is 134 cm³/mol. The van der Waals surface area contributed by atoms with Gasteiger partial charge < -0.3 is 9.47 Å². The van der Waals surface area contributed by atoms with Crippen molar-refractivity contribution in [3.63, 3.8) is 0 Å². The second-order valence-corrected chi connectivity index (χ2v) is 8.27. The van der Waals surface area contributed by atoms with Crippen LogP contribution in [-0.4, -0.2) is 34.0 Å². The van der Waals surface area contributed by atoms with Crippen molar-refractivity contribution in [1.29, 1.82) is 0 Å². The van der Waals surface area contributed by atoms with Crippen LogP contribution in [0.4, 0.5) is 5.69 Å². The van der Waals surface area contributed by atoms with Crippen LogP contribution in [0.25, 0.3) is 10.9 Å². The third-order valence-corrected chi connectivity index (χ3v) is 5.56. The lowest BCUT2D eigenvalue weighted by Gasteiger charge is -2.14. The third-order valence-electron chi connectivity index (χ3n) is 5.06. The first-order chi connectivity index (χ1) is 16.3. The Morgan fingerprint density at radius 1 is 1.32 bits per heavy atom. The van der Waals surface area contributed by atoms with Crippen LogP contribution in [0, 0.1) is 22.5 Å². The van der Waals surface area contributed by atoms with Gasteiger partial charge in [-0.1, -0.05) is 35.7 Å². The third kappa shape index (κ3) is 5.26. The number of halogens is 1. The van der Waals surface area contributed by atoms with Crippen LogP contribution in [0.1, 0.15) is 44.5 Å². The number of hydrogen-bond acceptors (Lipinski definition) is 7. The molecular formula is C24H23BrN4O5. The van der Waals surface area contributed by atoms with E-state index in [1.165, 1.54) is 17.0 Å². The average Bonchev–Trinajstić information content (AvgIpc) is 2.82. The quantitative estimate of drug-likeness (QED) is 0.170. The van der Waals surface area contributed by atoms with Crippen LogP contribution in [-0.2, 0) is 0 Å². The highest BCUT2D eigenvalue weighted by Gasteiger charge is 2.22. The monoisotopic (exact) mass is 526 g/mol. The summed E-state index contributed by atoms with van der Waals surface area (Å²) < 4.78 is 12.9. The minimum absolute atomic E-state index is 0.0502.